The van der Waals surface area contributed by atoms with Crippen LogP contribution in [0.25, 0.3) is 22.2 Å². The zero-order valence-electron chi connectivity index (χ0n) is 13.1. The van der Waals surface area contributed by atoms with Crippen LogP contribution >= 0.6 is 0 Å². The van der Waals surface area contributed by atoms with Gasteiger partial charge in [0, 0.05) is 17.2 Å². The quantitative estimate of drug-likeness (QED) is 0.773. The van der Waals surface area contributed by atoms with Crippen LogP contribution in [0, 0.1) is 0 Å². The Morgan fingerprint density at radius 1 is 1.17 bits per heavy atom. The monoisotopic (exact) mass is 329 g/mol. The fourth-order valence-corrected chi connectivity index (χ4v) is 2.60. The fraction of sp³-hybridized carbons (Fsp3) is 0.176. The van der Waals surface area contributed by atoms with E-state index < -0.39 is 18.3 Å². The molecule has 0 aliphatic heterocycles. The average molecular weight is 329 g/mol. The predicted octanol–water partition coefficient (Wildman–Crippen LogP) is 2.36. The molecule has 3 aromatic rings. The zero-order chi connectivity index (χ0) is 17.3. The van der Waals surface area contributed by atoms with E-state index in [2.05, 4.69) is 0 Å². The van der Waals surface area contributed by atoms with Gasteiger partial charge in [0.15, 0.2) is 5.58 Å². The van der Waals surface area contributed by atoms with Gasteiger partial charge in [0.05, 0.1) is 19.7 Å². The molecule has 3 rings (SSSR count). The van der Waals surface area contributed by atoms with Crippen molar-refractivity contribution in [3.8, 4) is 22.6 Å². The van der Waals surface area contributed by atoms with Crippen LogP contribution in [0.2, 0.25) is 0 Å². The molecule has 124 valence electrons. The van der Waals surface area contributed by atoms with Crippen LogP contribution in [-0.4, -0.2) is 29.9 Å². The van der Waals surface area contributed by atoms with Gasteiger partial charge in [0.1, 0.15) is 18.0 Å². The van der Waals surface area contributed by atoms with Crippen molar-refractivity contribution in [2.45, 2.75) is 6.54 Å². The van der Waals surface area contributed by atoms with Gasteiger partial charge in [-0.05, 0) is 18.2 Å². The summed E-state index contributed by atoms with van der Waals surface area (Å²) in [5.41, 5.74) is 2.07. The molecule has 0 atom stereocenters. The lowest BCUT2D eigenvalue weighted by Crippen LogP contribution is -2.19. The molecule has 0 radical (unpaired) electrons. The third kappa shape index (κ3) is 2.60. The molecule has 7 nitrogen and oxygen atoms in total. The van der Waals surface area contributed by atoms with Gasteiger partial charge < -0.3 is 19.0 Å². The molecule has 0 unspecified atom stereocenters. The second kappa shape index (κ2) is 6.11. The second-order valence-electron chi connectivity index (χ2n) is 5.07. The number of rotatable bonds is 5. The van der Waals surface area contributed by atoms with Gasteiger partial charge in [-0.15, -0.1) is 0 Å². The number of ether oxygens (including phenoxy) is 2. The summed E-state index contributed by atoms with van der Waals surface area (Å²) in [6.07, 6.45) is 0. The van der Waals surface area contributed by atoms with Crippen LogP contribution in [0.4, 0.5) is 0 Å². The van der Waals surface area contributed by atoms with Gasteiger partial charge in [-0.25, -0.2) is 4.79 Å². The molecule has 0 bridgehead atoms. The van der Waals surface area contributed by atoms with E-state index in [1.54, 1.807) is 43.5 Å². The van der Waals surface area contributed by atoms with Gasteiger partial charge in [-0.3, -0.25) is 9.36 Å². The highest BCUT2D eigenvalue weighted by atomic mass is 16.5. The van der Waals surface area contributed by atoms with Crippen LogP contribution in [0.15, 0.2) is 45.6 Å². The standard InChI is InChI=1S/C17H15NO6/c1-22-10-6-7-11(14(8-10)23-2)12-4-3-5-13-16(12)24-17(21)18(13)9-15(19)20/h3-8H,9H2,1-2H3,(H,19,20). The number of hydrogen-bond acceptors (Lipinski definition) is 5. The molecular formula is C17H15NO6. The second-order valence-corrected chi connectivity index (χ2v) is 5.07. The topological polar surface area (TPSA) is 90.9 Å². The third-order valence-electron chi connectivity index (χ3n) is 3.69. The zero-order valence-corrected chi connectivity index (χ0v) is 13.1. The van der Waals surface area contributed by atoms with Crippen molar-refractivity contribution in [1.29, 1.82) is 0 Å². The van der Waals surface area contributed by atoms with E-state index in [0.29, 0.717) is 33.7 Å². The number of nitrogens with zero attached hydrogens (tertiary/aromatic N) is 1. The first kappa shape index (κ1) is 15.7. The molecule has 24 heavy (non-hydrogen) atoms. The van der Waals surface area contributed by atoms with Crippen LogP contribution in [0.3, 0.4) is 0 Å². The van der Waals surface area contributed by atoms with Crippen molar-refractivity contribution in [3.63, 3.8) is 0 Å². The number of hydrogen-bond donors (Lipinski definition) is 1. The molecule has 1 aromatic heterocycles. The van der Waals surface area contributed by atoms with Crippen molar-refractivity contribution >= 4 is 17.1 Å². The summed E-state index contributed by atoms with van der Waals surface area (Å²) in [6.45, 7) is -0.463. The van der Waals surface area contributed by atoms with E-state index in [1.165, 1.54) is 7.11 Å². The summed E-state index contributed by atoms with van der Waals surface area (Å²) in [7, 11) is 3.09. The van der Waals surface area contributed by atoms with Gasteiger partial charge in [0.25, 0.3) is 0 Å². The van der Waals surface area contributed by atoms with Gasteiger partial charge in [0.2, 0.25) is 0 Å². The van der Waals surface area contributed by atoms with Crippen molar-refractivity contribution in [1.82, 2.24) is 4.57 Å². The molecule has 0 spiro atoms. The Labute approximate surface area is 136 Å². The maximum absolute atomic E-state index is 12.0. The van der Waals surface area contributed by atoms with E-state index in [4.69, 9.17) is 19.0 Å². The minimum atomic E-state index is -1.12. The maximum atomic E-state index is 12.0. The Hall–Kier alpha value is -3.22. The van der Waals surface area contributed by atoms with E-state index in [1.807, 2.05) is 0 Å². The lowest BCUT2D eigenvalue weighted by atomic mass is 10.0. The van der Waals surface area contributed by atoms with Crippen molar-refractivity contribution < 1.29 is 23.8 Å². The highest BCUT2D eigenvalue weighted by Crippen LogP contribution is 2.36. The first-order valence-corrected chi connectivity index (χ1v) is 7.11. The normalized spacial score (nSPS) is 10.8. The van der Waals surface area contributed by atoms with Gasteiger partial charge in [-0.2, -0.15) is 0 Å². The molecule has 0 saturated heterocycles. The molecular weight excluding hydrogens is 314 g/mol. The number of methoxy groups -OCH3 is 2. The molecule has 2 aromatic carbocycles. The molecule has 1 N–H and O–H groups in total. The summed E-state index contributed by atoms with van der Waals surface area (Å²) in [5.74, 6) is -0.650. The van der Waals surface area contributed by atoms with Crippen molar-refractivity contribution in [2.24, 2.45) is 0 Å². The predicted molar refractivity (Wildman–Crippen MR) is 86.6 cm³/mol. The molecule has 0 saturated carbocycles. The largest absolute Gasteiger partial charge is 0.497 e. The minimum absolute atomic E-state index is 0.312. The first-order chi connectivity index (χ1) is 11.5. The minimum Gasteiger partial charge on any atom is -0.497 e. The molecule has 0 amide bonds. The number of carboxylic acids is 1. The van der Waals surface area contributed by atoms with Crippen LogP contribution in [0.1, 0.15) is 0 Å². The summed E-state index contributed by atoms with van der Waals surface area (Å²) in [6, 6.07) is 10.4. The molecule has 0 aliphatic rings. The SMILES string of the molecule is COc1ccc(-c2cccc3c2oc(=O)n3CC(=O)O)c(OC)c1. The Balaban J connectivity index is 2.25. The molecule has 0 fully saturated rings. The highest BCUT2D eigenvalue weighted by Gasteiger charge is 2.18. The number of benzene rings is 2. The van der Waals surface area contributed by atoms with Crippen LogP contribution < -0.4 is 15.2 Å². The Morgan fingerprint density at radius 3 is 2.62 bits per heavy atom. The van der Waals surface area contributed by atoms with Crippen LogP contribution in [-0.2, 0) is 11.3 Å². The van der Waals surface area contributed by atoms with Crippen molar-refractivity contribution in [3.05, 3.63) is 46.9 Å². The van der Waals surface area contributed by atoms with E-state index >= 15 is 0 Å². The van der Waals surface area contributed by atoms with Crippen molar-refractivity contribution in [2.75, 3.05) is 14.2 Å². The van der Waals surface area contributed by atoms with Gasteiger partial charge in [-0.1, -0.05) is 12.1 Å². The maximum Gasteiger partial charge on any atom is 0.420 e. The summed E-state index contributed by atoms with van der Waals surface area (Å²) < 4.78 is 17.0. The molecule has 7 heteroatoms. The molecule has 0 aliphatic carbocycles. The van der Waals surface area contributed by atoms with E-state index in [9.17, 15) is 9.59 Å². The Kier molecular flexibility index (Phi) is 3.99. The molecule has 1 heterocycles. The Morgan fingerprint density at radius 2 is 1.96 bits per heavy atom. The number of aromatic nitrogens is 1. The number of fused-ring (bicyclic) bond motifs is 1. The van der Waals surface area contributed by atoms with Crippen LogP contribution in [0.5, 0.6) is 11.5 Å². The lowest BCUT2D eigenvalue weighted by Gasteiger charge is -2.10. The third-order valence-corrected chi connectivity index (χ3v) is 3.69. The highest BCUT2D eigenvalue weighted by molar-refractivity contribution is 5.92. The number of para-hydroxylation sites is 1. The lowest BCUT2D eigenvalue weighted by molar-refractivity contribution is -0.137. The van der Waals surface area contributed by atoms with E-state index in [-0.39, 0.29) is 0 Å². The Bertz CT molecular complexity index is 969. The smallest absolute Gasteiger partial charge is 0.420 e. The summed E-state index contributed by atoms with van der Waals surface area (Å²) >= 11 is 0. The van der Waals surface area contributed by atoms with Gasteiger partial charge >= 0.3 is 11.7 Å². The van der Waals surface area contributed by atoms with E-state index in [0.717, 1.165) is 4.57 Å². The average Bonchev–Trinajstić information content (AvgIpc) is 2.89. The number of aliphatic carboxylic acids is 1. The summed E-state index contributed by atoms with van der Waals surface area (Å²) in [4.78, 5) is 22.9. The number of carboxylic acid groups (broad SMARTS) is 1. The fourth-order valence-electron chi connectivity index (χ4n) is 2.60. The summed E-state index contributed by atoms with van der Waals surface area (Å²) in [5, 5.41) is 8.96. The first-order valence-electron chi connectivity index (χ1n) is 7.11. The number of oxazole rings is 1. The number of carbonyl (C=O) groups is 1.